The minimum absolute atomic E-state index is 0.0135. The summed E-state index contributed by atoms with van der Waals surface area (Å²) in [4.78, 5) is 2.41. The Bertz CT molecular complexity index is 4360. The highest BCUT2D eigenvalue weighted by atomic mass is 15.2. The van der Waals surface area contributed by atoms with Gasteiger partial charge in [0, 0.05) is 11.4 Å². The lowest BCUT2D eigenvalue weighted by molar-refractivity contribution is 1.31. The first kappa shape index (κ1) is 41.8. The molecule has 72 heavy (non-hydrogen) atoms. The van der Waals surface area contributed by atoms with Crippen molar-refractivity contribution in [2.45, 2.75) is 0 Å². The van der Waals surface area contributed by atoms with E-state index in [1.807, 2.05) is 0 Å². The van der Waals surface area contributed by atoms with Crippen LogP contribution in [0.15, 0.2) is 279 Å². The summed E-state index contributed by atoms with van der Waals surface area (Å²) in [5.41, 5.74) is 7.09. The number of rotatable bonds is 5. The number of hydrogen-bond acceptors (Lipinski definition) is 2. The first-order valence-corrected chi connectivity index (χ1v) is 25.1. The van der Waals surface area contributed by atoms with Gasteiger partial charge in [-0.1, -0.05) is 236 Å². The Labute approximate surface area is 419 Å². The maximum absolute atomic E-state index is 2.59. The van der Waals surface area contributed by atoms with E-state index >= 15 is 0 Å². The zero-order valence-corrected chi connectivity index (χ0v) is 39.6. The molecule has 0 atom stereocenters. The largest absolute Gasteiger partial charge is 0.430 e. The molecule has 13 aromatic rings. The van der Waals surface area contributed by atoms with Crippen LogP contribution < -0.4 is 20.5 Å². The summed E-state index contributed by atoms with van der Waals surface area (Å²) in [5, 5.41) is 19.8. The highest BCUT2D eigenvalue weighted by Crippen LogP contribution is 2.42. The third-order valence-electron chi connectivity index (χ3n) is 15.2. The van der Waals surface area contributed by atoms with Gasteiger partial charge in [0.15, 0.2) is 0 Å². The molecule has 0 N–H and O–H groups in total. The molecule has 2 nitrogen and oxygen atoms in total. The molecule has 0 saturated heterocycles. The van der Waals surface area contributed by atoms with Crippen LogP contribution in [-0.4, -0.2) is 13.8 Å². The molecule has 14 rings (SSSR count). The van der Waals surface area contributed by atoms with E-state index in [0.29, 0.717) is 0 Å². The molecular formula is C68H46B2N2. The van der Waals surface area contributed by atoms with E-state index in [1.54, 1.807) is 0 Å². The van der Waals surface area contributed by atoms with Gasteiger partial charge >= 0.3 is 13.8 Å². The predicted octanol–water partition coefficient (Wildman–Crippen LogP) is 16.4. The van der Waals surface area contributed by atoms with E-state index in [9.17, 15) is 0 Å². The Morgan fingerprint density at radius 3 is 1.04 bits per heavy atom. The van der Waals surface area contributed by atoms with Crippen molar-refractivity contribution in [3.05, 3.63) is 279 Å². The van der Waals surface area contributed by atoms with Gasteiger partial charge in [0.05, 0.1) is 0 Å². The maximum atomic E-state index is 2.59. The summed E-state index contributed by atoms with van der Waals surface area (Å²) < 4.78 is 2.59. The van der Waals surface area contributed by atoms with Gasteiger partial charge in [-0.05, 0) is 151 Å². The molecule has 1 aliphatic rings. The molecule has 0 amide bonds. The molecule has 0 spiro atoms. The lowest BCUT2D eigenvalue weighted by Crippen LogP contribution is -2.68. The predicted molar refractivity (Wildman–Crippen MR) is 314 cm³/mol. The SMILES string of the molecule is C1=CN(c2ccccc2)B(c2ccccc2)N(c2cccc(-c3ccc4c5ccccc5c5cc6c7ccccc7c7ccccc7c7ccccc7c6cc5c5ccccc5c4c3)c2)B1c1ccccc1. The Hall–Kier alpha value is -9.11. The smallest absolute Gasteiger partial charge is 0.403 e. The van der Waals surface area contributed by atoms with Crippen molar-refractivity contribution in [3.63, 3.8) is 0 Å². The third kappa shape index (κ3) is 6.90. The van der Waals surface area contributed by atoms with E-state index < -0.39 is 0 Å². The highest BCUT2D eigenvalue weighted by Gasteiger charge is 2.41. The van der Waals surface area contributed by atoms with Crippen LogP contribution in [0.2, 0.25) is 0 Å². The second-order valence-electron chi connectivity index (χ2n) is 19.1. The average molecular weight is 913 g/mol. The fourth-order valence-corrected chi connectivity index (χ4v) is 11.9. The van der Waals surface area contributed by atoms with E-state index in [2.05, 4.69) is 289 Å². The third-order valence-corrected chi connectivity index (χ3v) is 15.2. The summed E-state index contributed by atoms with van der Waals surface area (Å²) in [6.45, 7) is -0.131. The second kappa shape index (κ2) is 17.4. The van der Waals surface area contributed by atoms with Crippen LogP contribution in [0.5, 0.6) is 0 Å². The lowest BCUT2D eigenvalue weighted by Gasteiger charge is -2.44. The van der Waals surface area contributed by atoms with Crippen LogP contribution in [0.3, 0.4) is 0 Å². The summed E-state index contributed by atoms with van der Waals surface area (Å²) in [6.07, 6.45) is 2.28. The second-order valence-corrected chi connectivity index (χ2v) is 19.1. The number of anilines is 2. The lowest BCUT2D eigenvalue weighted by atomic mass is 9.43. The van der Waals surface area contributed by atoms with E-state index in [-0.39, 0.29) is 13.8 Å². The number of hydrogen-bond donors (Lipinski definition) is 0. The molecule has 334 valence electrons. The molecule has 0 aromatic heterocycles. The quantitative estimate of drug-likeness (QED) is 0.159. The molecule has 0 fully saturated rings. The van der Waals surface area contributed by atoms with Crippen molar-refractivity contribution in [2.24, 2.45) is 0 Å². The molecule has 0 radical (unpaired) electrons. The monoisotopic (exact) mass is 912 g/mol. The van der Waals surface area contributed by atoms with Gasteiger partial charge in [0.1, 0.15) is 0 Å². The van der Waals surface area contributed by atoms with Gasteiger partial charge in [-0.25, -0.2) is 0 Å². The van der Waals surface area contributed by atoms with Crippen LogP contribution in [0.25, 0.3) is 97.3 Å². The van der Waals surface area contributed by atoms with Gasteiger partial charge < -0.3 is 9.53 Å². The molecule has 0 saturated carbocycles. The molecule has 4 heteroatoms. The molecule has 0 aliphatic carbocycles. The van der Waals surface area contributed by atoms with Crippen LogP contribution in [0, 0.1) is 0 Å². The Kier molecular flexibility index (Phi) is 10.1. The van der Waals surface area contributed by atoms with Crippen molar-refractivity contribution in [3.8, 4) is 11.1 Å². The average Bonchev–Trinajstić information content (AvgIpc) is 3.46. The van der Waals surface area contributed by atoms with Gasteiger partial charge in [0.25, 0.3) is 0 Å². The van der Waals surface area contributed by atoms with Crippen LogP contribution in [0.1, 0.15) is 0 Å². The summed E-state index contributed by atoms with van der Waals surface area (Å²) in [7, 11) is 0. The molecule has 1 aliphatic heterocycles. The standard InChI is InChI=1S/C68H46B2N2/c1-4-22-49(23-5-1)69-41-42-71(51-26-8-3-9-27-51)70(50-24-6-2-7-25-50)72(69)52-28-20-21-47(43-52)48-39-40-63-57-33-14-17-36-60(57)67-45-65-58-34-15-12-31-55(58)53-29-10-11-30-54(53)56-32-13-16-35-59(56)66(65)46-68(67)62-38-19-18-37-61(62)64(63)44-48/h1-46H. The molecule has 0 unspecified atom stereocenters. The first-order chi connectivity index (χ1) is 35.7. The summed E-state index contributed by atoms with van der Waals surface area (Å²) >= 11 is 0. The fourth-order valence-electron chi connectivity index (χ4n) is 11.9. The number of nitrogens with zero attached hydrogens (tertiary/aromatic N) is 2. The number of fused-ring (bicyclic) bond motifs is 16. The van der Waals surface area contributed by atoms with Gasteiger partial charge in [-0.3, -0.25) is 0 Å². The van der Waals surface area contributed by atoms with E-state index in [1.165, 1.54) is 108 Å². The zero-order valence-electron chi connectivity index (χ0n) is 39.6. The van der Waals surface area contributed by atoms with Crippen LogP contribution in [0.4, 0.5) is 11.4 Å². The fraction of sp³-hybridized carbons (Fsp3) is 0. The molecule has 1 heterocycles. The van der Waals surface area contributed by atoms with Crippen molar-refractivity contribution in [1.82, 2.24) is 0 Å². The minimum Gasteiger partial charge on any atom is -0.430 e. The van der Waals surface area contributed by atoms with Gasteiger partial charge in [0.2, 0.25) is 0 Å². The van der Waals surface area contributed by atoms with Crippen molar-refractivity contribution < 1.29 is 0 Å². The minimum atomic E-state index is -0.118. The molecule has 13 aromatic carbocycles. The molecule has 0 bridgehead atoms. The maximum Gasteiger partial charge on any atom is 0.403 e. The summed E-state index contributed by atoms with van der Waals surface area (Å²) in [6, 6.07) is 98.9. The van der Waals surface area contributed by atoms with Crippen molar-refractivity contribution in [1.29, 1.82) is 0 Å². The van der Waals surface area contributed by atoms with Gasteiger partial charge in [-0.2, -0.15) is 0 Å². The van der Waals surface area contributed by atoms with Crippen LogP contribution in [-0.2, 0) is 0 Å². The van der Waals surface area contributed by atoms with E-state index in [0.717, 1.165) is 11.4 Å². The normalized spacial score (nSPS) is 12.8. The summed E-state index contributed by atoms with van der Waals surface area (Å²) in [5.74, 6) is 2.35. The Morgan fingerprint density at radius 2 is 0.583 bits per heavy atom. The van der Waals surface area contributed by atoms with Gasteiger partial charge in [-0.15, -0.1) is 0 Å². The van der Waals surface area contributed by atoms with E-state index in [4.69, 9.17) is 0 Å². The number of benzene rings is 11. The van der Waals surface area contributed by atoms with Crippen molar-refractivity contribution in [2.75, 3.05) is 9.53 Å². The van der Waals surface area contributed by atoms with Crippen molar-refractivity contribution >= 4 is 122 Å². The zero-order chi connectivity index (χ0) is 47.5. The Balaban J connectivity index is 1.03. The number of para-hydroxylation sites is 1. The first-order valence-electron chi connectivity index (χ1n) is 25.1. The van der Waals surface area contributed by atoms with Crippen LogP contribution >= 0.6 is 0 Å². The topological polar surface area (TPSA) is 6.48 Å². The Morgan fingerprint density at radius 1 is 0.236 bits per heavy atom. The molecular weight excluding hydrogens is 866 g/mol. The highest BCUT2D eigenvalue weighted by molar-refractivity contribution is 6.99.